The van der Waals surface area contributed by atoms with Gasteiger partial charge in [0.1, 0.15) is 11.9 Å². The van der Waals surface area contributed by atoms with Crippen molar-refractivity contribution in [3.63, 3.8) is 0 Å². The molecule has 3 rings (SSSR count). The lowest BCUT2D eigenvalue weighted by Gasteiger charge is -2.04. The molecular formula is C15H10O3. The quantitative estimate of drug-likeness (QED) is 0.511. The van der Waals surface area contributed by atoms with Gasteiger partial charge < -0.3 is 9.47 Å². The molecule has 3 heteroatoms. The van der Waals surface area contributed by atoms with Crippen LogP contribution in [0.25, 0.3) is 5.57 Å². The van der Waals surface area contributed by atoms with Gasteiger partial charge in [0.05, 0.1) is 12.7 Å². The first kappa shape index (κ1) is 10.7. The third-order valence-corrected chi connectivity index (χ3v) is 2.92. The molecule has 0 amide bonds. The second kappa shape index (κ2) is 4.08. The highest BCUT2D eigenvalue weighted by Crippen LogP contribution is 2.42. The smallest absolute Gasteiger partial charge is 0.384 e. The fourth-order valence-corrected chi connectivity index (χ4v) is 2.09. The molecule has 1 aliphatic heterocycles. The zero-order valence-corrected chi connectivity index (χ0v) is 9.77. The lowest BCUT2D eigenvalue weighted by Crippen LogP contribution is -2.05. The van der Waals surface area contributed by atoms with E-state index in [1.165, 1.54) is 7.11 Å². The maximum atomic E-state index is 11.0. The van der Waals surface area contributed by atoms with Crippen molar-refractivity contribution in [2.24, 2.45) is 0 Å². The van der Waals surface area contributed by atoms with Crippen molar-refractivity contribution in [2.45, 2.75) is 6.10 Å². The third kappa shape index (κ3) is 1.59. The zero-order valence-electron chi connectivity index (χ0n) is 9.77. The summed E-state index contributed by atoms with van der Waals surface area (Å²) in [5.41, 5.74) is 2.90. The first-order chi connectivity index (χ1) is 8.79. The summed E-state index contributed by atoms with van der Waals surface area (Å²) in [5.74, 6) is 5.39. The Kier molecular flexibility index (Phi) is 2.42. The summed E-state index contributed by atoms with van der Waals surface area (Å²) < 4.78 is 10.3. The van der Waals surface area contributed by atoms with Crippen molar-refractivity contribution in [3.05, 3.63) is 47.6 Å². The Morgan fingerprint density at radius 3 is 3.17 bits per heavy atom. The van der Waals surface area contributed by atoms with Crippen molar-refractivity contribution in [2.75, 3.05) is 7.11 Å². The van der Waals surface area contributed by atoms with Gasteiger partial charge in [-0.05, 0) is 12.1 Å². The third-order valence-electron chi connectivity index (χ3n) is 2.92. The molecule has 2 aliphatic rings. The Balaban J connectivity index is 2.02. The number of benzene rings is 1. The Labute approximate surface area is 105 Å². The normalized spacial score (nSPS) is 18.1. The first-order valence-electron chi connectivity index (χ1n) is 5.58. The molecule has 1 aromatic carbocycles. The molecule has 0 spiro atoms. The molecule has 0 aromatic heterocycles. The lowest BCUT2D eigenvalue weighted by molar-refractivity contribution is -0.133. The molecule has 0 radical (unpaired) electrons. The van der Waals surface area contributed by atoms with Crippen LogP contribution in [0.2, 0.25) is 0 Å². The summed E-state index contributed by atoms with van der Waals surface area (Å²) in [6, 6.07) is 5.74. The van der Waals surface area contributed by atoms with E-state index >= 15 is 0 Å². The van der Waals surface area contributed by atoms with E-state index in [0.717, 1.165) is 16.9 Å². The molecule has 0 N–H and O–H groups in total. The molecule has 1 atom stereocenters. The van der Waals surface area contributed by atoms with Gasteiger partial charge in [0.15, 0.2) is 0 Å². The SMILES string of the molecule is COC(=O)C#Cc1cccc2c1OC1C=CC=C21. The van der Waals surface area contributed by atoms with Gasteiger partial charge in [0.25, 0.3) is 0 Å². The molecule has 1 heterocycles. The maximum Gasteiger partial charge on any atom is 0.384 e. The molecule has 0 saturated carbocycles. The Bertz CT molecular complexity index is 641. The predicted molar refractivity (Wildman–Crippen MR) is 66.9 cm³/mol. The van der Waals surface area contributed by atoms with Crippen molar-refractivity contribution >= 4 is 11.5 Å². The second-order valence-corrected chi connectivity index (χ2v) is 3.97. The molecule has 3 nitrogen and oxygen atoms in total. The van der Waals surface area contributed by atoms with E-state index in [1.807, 2.05) is 36.4 Å². The maximum absolute atomic E-state index is 11.0. The summed E-state index contributed by atoms with van der Waals surface area (Å²) in [4.78, 5) is 11.0. The van der Waals surface area contributed by atoms with Gasteiger partial charge in [0.2, 0.25) is 0 Å². The summed E-state index contributed by atoms with van der Waals surface area (Å²) in [5, 5.41) is 0. The summed E-state index contributed by atoms with van der Waals surface area (Å²) in [7, 11) is 1.31. The van der Waals surface area contributed by atoms with Gasteiger partial charge >= 0.3 is 5.97 Å². The van der Waals surface area contributed by atoms with E-state index in [1.54, 1.807) is 0 Å². The molecule has 18 heavy (non-hydrogen) atoms. The van der Waals surface area contributed by atoms with Crippen LogP contribution >= 0.6 is 0 Å². The van der Waals surface area contributed by atoms with Crippen LogP contribution < -0.4 is 4.74 Å². The molecule has 0 saturated heterocycles. The van der Waals surface area contributed by atoms with E-state index in [0.29, 0.717) is 5.56 Å². The molecule has 88 valence electrons. The van der Waals surface area contributed by atoms with Crippen LogP contribution in [0.3, 0.4) is 0 Å². The van der Waals surface area contributed by atoms with Gasteiger partial charge in [-0.25, -0.2) is 4.79 Å². The standard InChI is InChI=1S/C15H10O3/c1-17-14(16)9-8-10-4-2-6-12-11-5-3-7-13(11)18-15(10)12/h2-7,13H,1H3. The largest absolute Gasteiger partial charge is 0.480 e. The van der Waals surface area contributed by atoms with Crippen molar-refractivity contribution in [3.8, 4) is 17.6 Å². The van der Waals surface area contributed by atoms with Crippen LogP contribution in [0.15, 0.2) is 36.4 Å². The zero-order chi connectivity index (χ0) is 12.5. The van der Waals surface area contributed by atoms with E-state index in [-0.39, 0.29) is 6.10 Å². The predicted octanol–water partition coefficient (Wildman–Crippen LogP) is 1.93. The second-order valence-electron chi connectivity index (χ2n) is 3.97. The molecule has 1 unspecified atom stereocenters. The van der Waals surface area contributed by atoms with Crippen LogP contribution in [-0.2, 0) is 9.53 Å². The number of hydrogen-bond acceptors (Lipinski definition) is 3. The van der Waals surface area contributed by atoms with Crippen LogP contribution in [0.4, 0.5) is 0 Å². The molecule has 1 aromatic rings. The van der Waals surface area contributed by atoms with Gasteiger partial charge in [-0.3, -0.25) is 0 Å². The van der Waals surface area contributed by atoms with E-state index < -0.39 is 5.97 Å². The minimum atomic E-state index is -0.551. The lowest BCUT2D eigenvalue weighted by atomic mass is 10.0. The molecule has 0 bridgehead atoms. The number of hydrogen-bond donors (Lipinski definition) is 0. The Morgan fingerprint density at radius 2 is 2.33 bits per heavy atom. The number of rotatable bonds is 0. The number of carbonyl (C=O) groups is 1. The van der Waals surface area contributed by atoms with Gasteiger partial charge in [-0.2, -0.15) is 0 Å². The molecule has 1 aliphatic carbocycles. The highest BCUT2D eigenvalue weighted by Gasteiger charge is 2.29. The number of para-hydroxylation sites is 1. The fraction of sp³-hybridized carbons (Fsp3) is 0.133. The number of esters is 1. The number of allylic oxidation sites excluding steroid dienone is 2. The fourth-order valence-electron chi connectivity index (χ4n) is 2.09. The summed E-state index contributed by atoms with van der Waals surface area (Å²) >= 11 is 0. The average molecular weight is 238 g/mol. The van der Waals surface area contributed by atoms with Crippen molar-refractivity contribution in [1.82, 2.24) is 0 Å². The van der Waals surface area contributed by atoms with Gasteiger partial charge in [0, 0.05) is 17.1 Å². The number of methoxy groups -OCH3 is 1. The number of fused-ring (bicyclic) bond motifs is 3. The minimum absolute atomic E-state index is 0.0129. The van der Waals surface area contributed by atoms with Crippen LogP contribution in [0.5, 0.6) is 5.75 Å². The number of carbonyl (C=O) groups excluding carboxylic acids is 1. The van der Waals surface area contributed by atoms with Crippen molar-refractivity contribution < 1.29 is 14.3 Å². The van der Waals surface area contributed by atoms with Crippen LogP contribution in [-0.4, -0.2) is 19.2 Å². The summed E-state index contributed by atoms with van der Waals surface area (Å²) in [6.07, 6.45) is 6.00. The van der Waals surface area contributed by atoms with Crippen molar-refractivity contribution in [1.29, 1.82) is 0 Å². The molecule has 0 fully saturated rings. The minimum Gasteiger partial charge on any atom is -0.480 e. The van der Waals surface area contributed by atoms with E-state index in [9.17, 15) is 4.79 Å². The first-order valence-corrected chi connectivity index (χ1v) is 5.58. The Morgan fingerprint density at radius 1 is 1.44 bits per heavy atom. The average Bonchev–Trinajstić information content (AvgIpc) is 2.96. The van der Waals surface area contributed by atoms with Crippen LogP contribution in [0, 0.1) is 11.8 Å². The highest BCUT2D eigenvalue weighted by atomic mass is 16.5. The van der Waals surface area contributed by atoms with E-state index in [2.05, 4.69) is 16.6 Å². The van der Waals surface area contributed by atoms with Crippen LogP contribution in [0.1, 0.15) is 11.1 Å². The van der Waals surface area contributed by atoms with E-state index in [4.69, 9.17) is 4.74 Å². The van der Waals surface area contributed by atoms with Gasteiger partial charge in [-0.1, -0.05) is 30.2 Å². The Hall–Kier alpha value is -2.47. The number of ether oxygens (including phenoxy) is 2. The highest BCUT2D eigenvalue weighted by molar-refractivity contribution is 5.90. The van der Waals surface area contributed by atoms with Gasteiger partial charge in [-0.15, -0.1) is 0 Å². The molecular weight excluding hydrogens is 228 g/mol. The topological polar surface area (TPSA) is 35.5 Å². The summed E-state index contributed by atoms with van der Waals surface area (Å²) in [6.45, 7) is 0. The monoisotopic (exact) mass is 238 g/mol.